The van der Waals surface area contributed by atoms with E-state index in [4.69, 9.17) is 5.73 Å². The van der Waals surface area contributed by atoms with Crippen LogP contribution >= 0.6 is 0 Å². The van der Waals surface area contributed by atoms with Gasteiger partial charge >= 0.3 is 0 Å². The van der Waals surface area contributed by atoms with E-state index >= 15 is 0 Å². The molecular formula is C18H33N7. The molecule has 25 heavy (non-hydrogen) atoms. The van der Waals surface area contributed by atoms with Crippen molar-refractivity contribution in [2.75, 3.05) is 75.9 Å². The van der Waals surface area contributed by atoms with Crippen LogP contribution < -0.4 is 15.5 Å². The van der Waals surface area contributed by atoms with Gasteiger partial charge in [0, 0.05) is 51.4 Å². The van der Waals surface area contributed by atoms with Crippen LogP contribution in [0, 0.1) is 5.92 Å². The van der Waals surface area contributed by atoms with E-state index in [9.17, 15) is 0 Å². The van der Waals surface area contributed by atoms with Crippen LogP contribution in [0.25, 0.3) is 0 Å². The van der Waals surface area contributed by atoms with Crippen molar-refractivity contribution < 1.29 is 0 Å². The second kappa shape index (κ2) is 7.74. The third kappa shape index (κ3) is 4.33. The first kappa shape index (κ1) is 18.2. The normalized spacial score (nSPS) is 21.8. The largest absolute Gasteiger partial charge is 0.368 e. The van der Waals surface area contributed by atoms with E-state index in [0.29, 0.717) is 12.0 Å². The van der Waals surface area contributed by atoms with Crippen molar-refractivity contribution in [3.8, 4) is 0 Å². The van der Waals surface area contributed by atoms with Crippen LogP contribution in [0.4, 0.5) is 17.6 Å². The predicted molar refractivity (Wildman–Crippen MR) is 104 cm³/mol. The standard InChI is InChI=1S/C18H33N7/c1-14(22(2)3)15-5-7-24(8-6-15)16-13-17(21-18(19)20-16)25-11-9-23(4)10-12-25/h13-15H,5-12H2,1-4H3,(H2,19,20,21). The van der Waals surface area contributed by atoms with E-state index in [2.05, 4.69) is 63.7 Å². The summed E-state index contributed by atoms with van der Waals surface area (Å²) in [5, 5.41) is 0. The van der Waals surface area contributed by atoms with E-state index in [1.165, 1.54) is 12.8 Å². The lowest BCUT2D eigenvalue weighted by Crippen LogP contribution is -2.45. The lowest BCUT2D eigenvalue weighted by Gasteiger charge is -2.38. The van der Waals surface area contributed by atoms with Crippen LogP contribution in [0.5, 0.6) is 0 Å². The van der Waals surface area contributed by atoms with E-state index in [1.54, 1.807) is 0 Å². The highest BCUT2D eigenvalue weighted by molar-refractivity contribution is 5.54. The number of aromatic nitrogens is 2. The molecular weight excluding hydrogens is 314 g/mol. The Labute approximate surface area is 151 Å². The average molecular weight is 348 g/mol. The number of piperazine rings is 1. The average Bonchev–Trinajstić information content (AvgIpc) is 2.61. The minimum absolute atomic E-state index is 0.384. The molecule has 0 radical (unpaired) electrons. The highest BCUT2D eigenvalue weighted by atomic mass is 15.3. The smallest absolute Gasteiger partial charge is 0.223 e. The van der Waals surface area contributed by atoms with Crippen LogP contribution in [0.2, 0.25) is 0 Å². The summed E-state index contributed by atoms with van der Waals surface area (Å²) in [7, 11) is 6.50. The molecule has 2 saturated heterocycles. The molecule has 0 aliphatic carbocycles. The van der Waals surface area contributed by atoms with Gasteiger partial charge in [-0.3, -0.25) is 0 Å². The van der Waals surface area contributed by atoms with Gasteiger partial charge in [-0.1, -0.05) is 0 Å². The second-order valence-corrected chi connectivity index (χ2v) is 7.76. The number of nitrogens with two attached hydrogens (primary N) is 1. The van der Waals surface area contributed by atoms with Gasteiger partial charge in [-0.25, -0.2) is 0 Å². The number of anilines is 3. The summed E-state index contributed by atoms with van der Waals surface area (Å²) in [4.78, 5) is 18.4. The first-order chi connectivity index (χ1) is 11.9. The Balaban J connectivity index is 1.67. The molecule has 0 aromatic carbocycles. The van der Waals surface area contributed by atoms with Gasteiger partial charge in [0.25, 0.3) is 0 Å². The minimum atomic E-state index is 0.384. The van der Waals surface area contributed by atoms with Crippen molar-refractivity contribution in [1.29, 1.82) is 0 Å². The first-order valence-electron chi connectivity index (χ1n) is 9.43. The predicted octanol–water partition coefficient (Wildman–Crippen LogP) is 0.977. The molecule has 2 N–H and O–H groups in total. The quantitative estimate of drug-likeness (QED) is 0.871. The van der Waals surface area contributed by atoms with E-state index < -0.39 is 0 Å². The number of nitrogen functional groups attached to an aromatic ring is 1. The maximum atomic E-state index is 6.02. The van der Waals surface area contributed by atoms with Crippen molar-refractivity contribution in [3.63, 3.8) is 0 Å². The minimum Gasteiger partial charge on any atom is -0.368 e. The van der Waals surface area contributed by atoms with Gasteiger partial charge in [0.05, 0.1) is 0 Å². The van der Waals surface area contributed by atoms with Gasteiger partial charge < -0.3 is 25.3 Å². The zero-order chi connectivity index (χ0) is 18.0. The molecule has 140 valence electrons. The number of hydrogen-bond acceptors (Lipinski definition) is 7. The fourth-order valence-corrected chi connectivity index (χ4v) is 3.83. The van der Waals surface area contributed by atoms with Gasteiger partial charge in [-0.15, -0.1) is 0 Å². The number of rotatable bonds is 4. The fraction of sp³-hybridized carbons (Fsp3) is 0.778. The molecule has 1 aromatic rings. The summed E-state index contributed by atoms with van der Waals surface area (Å²) in [6, 6.07) is 2.75. The van der Waals surface area contributed by atoms with Gasteiger partial charge in [0.15, 0.2) is 0 Å². The van der Waals surface area contributed by atoms with Crippen LogP contribution in [0.15, 0.2) is 6.07 Å². The van der Waals surface area contributed by atoms with E-state index in [-0.39, 0.29) is 0 Å². The molecule has 2 aliphatic heterocycles. The van der Waals surface area contributed by atoms with Gasteiger partial charge in [-0.2, -0.15) is 9.97 Å². The van der Waals surface area contributed by atoms with Gasteiger partial charge in [-0.05, 0) is 46.8 Å². The van der Waals surface area contributed by atoms with Crippen molar-refractivity contribution in [2.45, 2.75) is 25.8 Å². The molecule has 1 aromatic heterocycles. The molecule has 1 atom stereocenters. The second-order valence-electron chi connectivity index (χ2n) is 7.76. The Kier molecular flexibility index (Phi) is 5.64. The monoisotopic (exact) mass is 347 g/mol. The summed E-state index contributed by atoms with van der Waals surface area (Å²) >= 11 is 0. The Morgan fingerprint density at radius 2 is 1.52 bits per heavy atom. The SMILES string of the molecule is CC(C1CCN(c2cc(N3CCN(C)CC3)nc(N)n2)CC1)N(C)C. The van der Waals surface area contributed by atoms with Crippen molar-refractivity contribution >= 4 is 17.6 Å². The molecule has 7 heteroatoms. The van der Waals surface area contributed by atoms with Gasteiger partial charge in [0.1, 0.15) is 11.6 Å². The first-order valence-corrected chi connectivity index (χ1v) is 9.43. The number of nitrogens with zero attached hydrogens (tertiary/aromatic N) is 6. The number of likely N-dealkylation sites (N-methyl/N-ethyl adjacent to an activating group) is 1. The van der Waals surface area contributed by atoms with Crippen LogP contribution in [-0.2, 0) is 0 Å². The topological polar surface area (TPSA) is 64.8 Å². The van der Waals surface area contributed by atoms with Gasteiger partial charge in [0.2, 0.25) is 5.95 Å². The fourth-order valence-electron chi connectivity index (χ4n) is 3.83. The summed E-state index contributed by atoms with van der Waals surface area (Å²) in [5.41, 5.74) is 6.02. The molecule has 1 unspecified atom stereocenters. The molecule has 0 saturated carbocycles. The maximum absolute atomic E-state index is 6.02. The van der Waals surface area contributed by atoms with Crippen LogP contribution in [0.1, 0.15) is 19.8 Å². The van der Waals surface area contributed by atoms with Crippen LogP contribution in [-0.4, -0.2) is 86.2 Å². The number of piperidine rings is 1. The molecule has 0 bridgehead atoms. The summed E-state index contributed by atoms with van der Waals surface area (Å²) in [5.74, 6) is 3.09. The molecule has 0 spiro atoms. The third-order valence-corrected chi connectivity index (χ3v) is 5.90. The molecule has 3 rings (SSSR count). The Morgan fingerprint density at radius 1 is 1.00 bits per heavy atom. The molecule has 2 fully saturated rings. The molecule has 3 heterocycles. The number of hydrogen-bond donors (Lipinski definition) is 1. The summed E-state index contributed by atoms with van der Waals surface area (Å²) < 4.78 is 0. The zero-order valence-corrected chi connectivity index (χ0v) is 16.1. The zero-order valence-electron chi connectivity index (χ0n) is 16.1. The lowest BCUT2D eigenvalue weighted by atomic mass is 9.90. The van der Waals surface area contributed by atoms with Crippen molar-refractivity contribution in [3.05, 3.63) is 6.07 Å². The Bertz CT molecular complexity index is 561. The Hall–Kier alpha value is -1.60. The van der Waals surface area contributed by atoms with E-state index in [1.807, 2.05) is 0 Å². The van der Waals surface area contributed by atoms with E-state index in [0.717, 1.165) is 56.8 Å². The highest BCUT2D eigenvalue weighted by Gasteiger charge is 2.26. The molecule has 7 nitrogen and oxygen atoms in total. The third-order valence-electron chi connectivity index (χ3n) is 5.90. The van der Waals surface area contributed by atoms with Crippen molar-refractivity contribution in [1.82, 2.24) is 19.8 Å². The summed E-state index contributed by atoms with van der Waals surface area (Å²) in [6.07, 6.45) is 2.40. The highest BCUT2D eigenvalue weighted by Crippen LogP contribution is 2.28. The Morgan fingerprint density at radius 3 is 2.04 bits per heavy atom. The molecule has 2 aliphatic rings. The molecule has 0 amide bonds. The lowest BCUT2D eigenvalue weighted by molar-refractivity contribution is 0.199. The maximum Gasteiger partial charge on any atom is 0.223 e. The van der Waals surface area contributed by atoms with Crippen LogP contribution in [0.3, 0.4) is 0 Å². The van der Waals surface area contributed by atoms with Crippen molar-refractivity contribution in [2.24, 2.45) is 5.92 Å². The summed E-state index contributed by atoms with van der Waals surface area (Å²) in [6.45, 7) is 8.53.